The van der Waals surface area contributed by atoms with E-state index in [4.69, 9.17) is 4.74 Å². The summed E-state index contributed by atoms with van der Waals surface area (Å²) in [6.07, 6.45) is 1.47. The molecule has 7 nitrogen and oxygen atoms in total. The molecule has 32 heavy (non-hydrogen) atoms. The fourth-order valence-electron chi connectivity index (χ4n) is 3.68. The molecule has 0 saturated carbocycles. The highest BCUT2D eigenvalue weighted by atomic mass is 16.6. The zero-order chi connectivity index (χ0) is 22.7. The van der Waals surface area contributed by atoms with Gasteiger partial charge in [0, 0.05) is 43.0 Å². The number of benzene rings is 2. The molecule has 2 heterocycles. The van der Waals surface area contributed by atoms with Crippen LogP contribution in [0.4, 0.5) is 10.5 Å². The van der Waals surface area contributed by atoms with E-state index in [2.05, 4.69) is 39.4 Å². The van der Waals surface area contributed by atoms with Gasteiger partial charge in [-0.05, 0) is 56.7 Å². The molecule has 166 valence electrons. The molecule has 1 fully saturated rings. The lowest BCUT2D eigenvalue weighted by Crippen LogP contribution is -2.50. The number of rotatable bonds is 3. The number of ether oxygens (including phenoxy) is 1. The molecule has 1 N–H and O–H groups in total. The van der Waals surface area contributed by atoms with Crippen molar-refractivity contribution < 1.29 is 14.6 Å². The Morgan fingerprint density at radius 3 is 2.31 bits per heavy atom. The first-order valence-electron chi connectivity index (χ1n) is 10.7. The SMILES string of the molecule is CC(C)(C)OC(=O)N1CCN(c2ccc(-c3cnnc(-c4ccccc4O)c3)cc2)CC1. The number of nitrogens with zero attached hydrogens (tertiary/aromatic N) is 4. The average molecular weight is 433 g/mol. The summed E-state index contributed by atoms with van der Waals surface area (Å²) in [4.78, 5) is 16.3. The summed E-state index contributed by atoms with van der Waals surface area (Å²) in [7, 11) is 0. The van der Waals surface area contributed by atoms with Gasteiger partial charge in [0.15, 0.2) is 0 Å². The maximum atomic E-state index is 12.3. The van der Waals surface area contributed by atoms with E-state index < -0.39 is 5.60 Å². The number of aromatic nitrogens is 2. The molecule has 2 aromatic carbocycles. The Bertz CT molecular complexity index is 1080. The molecule has 0 unspecified atom stereocenters. The predicted molar refractivity (Wildman–Crippen MR) is 125 cm³/mol. The van der Waals surface area contributed by atoms with Gasteiger partial charge in [0.25, 0.3) is 0 Å². The molecule has 1 aliphatic heterocycles. The lowest BCUT2D eigenvalue weighted by molar-refractivity contribution is 0.0240. The van der Waals surface area contributed by atoms with Crippen molar-refractivity contribution in [2.24, 2.45) is 0 Å². The molecule has 1 amide bonds. The second-order valence-electron chi connectivity index (χ2n) is 8.85. The van der Waals surface area contributed by atoms with Crippen LogP contribution < -0.4 is 4.90 Å². The molecule has 1 saturated heterocycles. The normalized spacial score (nSPS) is 14.3. The van der Waals surface area contributed by atoms with Crippen molar-refractivity contribution >= 4 is 11.8 Å². The fraction of sp³-hybridized carbons (Fsp3) is 0.320. The topological polar surface area (TPSA) is 78.8 Å². The first-order valence-corrected chi connectivity index (χ1v) is 10.7. The molecule has 7 heteroatoms. The minimum absolute atomic E-state index is 0.180. The van der Waals surface area contributed by atoms with Crippen LogP contribution in [0.2, 0.25) is 0 Å². The standard InChI is InChI=1S/C25H28N4O3/c1-25(2,3)32-24(31)29-14-12-28(13-15-29)20-10-8-18(9-11-20)19-16-22(27-26-17-19)21-6-4-5-7-23(21)30/h4-11,16-17,30H,12-15H2,1-3H3. The summed E-state index contributed by atoms with van der Waals surface area (Å²) in [5, 5.41) is 18.4. The number of phenolic OH excluding ortho intramolecular Hbond substituents is 1. The predicted octanol–water partition coefficient (Wildman–Crippen LogP) is 4.57. The Morgan fingerprint density at radius 1 is 0.969 bits per heavy atom. The van der Waals surface area contributed by atoms with Crippen LogP contribution in [0.15, 0.2) is 60.8 Å². The average Bonchev–Trinajstić information content (AvgIpc) is 2.79. The van der Waals surface area contributed by atoms with Crippen LogP contribution in [0.1, 0.15) is 20.8 Å². The van der Waals surface area contributed by atoms with Gasteiger partial charge in [0.1, 0.15) is 11.4 Å². The van der Waals surface area contributed by atoms with Crippen molar-refractivity contribution in [2.75, 3.05) is 31.1 Å². The maximum Gasteiger partial charge on any atom is 0.410 e. The summed E-state index contributed by atoms with van der Waals surface area (Å²) in [5.41, 5.74) is 3.86. The molecule has 0 bridgehead atoms. The van der Waals surface area contributed by atoms with Gasteiger partial charge in [0.2, 0.25) is 0 Å². The highest BCUT2D eigenvalue weighted by Crippen LogP contribution is 2.30. The second kappa shape index (κ2) is 8.86. The number of amides is 1. The summed E-state index contributed by atoms with van der Waals surface area (Å²) in [6, 6.07) is 17.3. The molecule has 0 atom stereocenters. The Labute approximate surface area is 188 Å². The second-order valence-corrected chi connectivity index (χ2v) is 8.85. The van der Waals surface area contributed by atoms with Crippen molar-refractivity contribution in [1.29, 1.82) is 0 Å². The van der Waals surface area contributed by atoms with Gasteiger partial charge in [-0.1, -0.05) is 24.3 Å². The Balaban J connectivity index is 1.43. The number of anilines is 1. The summed E-state index contributed by atoms with van der Waals surface area (Å²) in [5.74, 6) is 0.180. The molecular formula is C25H28N4O3. The van der Waals surface area contributed by atoms with Gasteiger partial charge < -0.3 is 19.6 Å². The Kier molecular flexibility index (Phi) is 5.99. The molecule has 1 aliphatic rings. The zero-order valence-electron chi connectivity index (χ0n) is 18.7. The van der Waals surface area contributed by atoms with Gasteiger partial charge in [-0.2, -0.15) is 10.2 Å². The zero-order valence-corrected chi connectivity index (χ0v) is 18.7. The monoisotopic (exact) mass is 432 g/mol. The van der Waals surface area contributed by atoms with Crippen molar-refractivity contribution in [1.82, 2.24) is 15.1 Å². The summed E-state index contributed by atoms with van der Waals surface area (Å²) >= 11 is 0. The molecule has 4 rings (SSSR count). The fourth-order valence-corrected chi connectivity index (χ4v) is 3.68. The number of piperazine rings is 1. The van der Waals surface area contributed by atoms with E-state index >= 15 is 0 Å². The lowest BCUT2D eigenvalue weighted by Gasteiger charge is -2.36. The quantitative estimate of drug-likeness (QED) is 0.653. The highest BCUT2D eigenvalue weighted by molar-refractivity contribution is 5.73. The van der Waals surface area contributed by atoms with E-state index in [0.29, 0.717) is 24.3 Å². The van der Waals surface area contributed by atoms with Gasteiger partial charge in [-0.15, -0.1) is 0 Å². The van der Waals surface area contributed by atoms with Gasteiger partial charge in [-0.3, -0.25) is 0 Å². The lowest BCUT2D eigenvalue weighted by atomic mass is 10.0. The minimum atomic E-state index is -0.481. The first kappa shape index (κ1) is 21.6. The number of para-hydroxylation sites is 1. The number of hydrogen-bond acceptors (Lipinski definition) is 6. The number of hydrogen-bond donors (Lipinski definition) is 1. The molecule has 3 aromatic rings. The van der Waals surface area contributed by atoms with E-state index in [1.165, 1.54) is 0 Å². The maximum absolute atomic E-state index is 12.3. The highest BCUT2D eigenvalue weighted by Gasteiger charge is 2.26. The van der Waals surface area contributed by atoms with E-state index in [1.807, 2.05) is 39.0 Å². The van der Waals surface area contributed by atoms with Crippen LogP contribution in [-0.2, 0) is 4.74 Å². The molecular weight excluding hydrogens is 404 g/mol. The van der Waals surface area contributed by atoms with Gasteiger partial charge >= 0.3 is 6.09 Å². The number of phenols is 1. The summed E-state index contributed by atoms with van der Waals surface area (Å²) in [6.45, 7) is 8.43. The van der Waals surface area contributed by atoms with Crippen molar-refractivity contribution in [3.63, 3.8) is 0 Å². The van der Waals surface area contributed by atoms with Crippen molar-refractivity contribution in [2.45, 2.75) is 26.4 Å². The van der Waals surface area contributed by atoms with Crippen LogP contribution in [0.25, 0.3) is 22.4 Å². The van der Waals surface area contributed by atoms with Gasteiger partial charge in [0.05, 0.1) is 11.9 Å². The summed E-state index contributed by atoms with van der Waals surface area (Å²) < 4.78 is 5.47. The Morgan fingerprint density at radius 2 is 1.66 bits per heavy atom. The minimum Gasteiger partial charge on any atom is -0.507 e. The van der Waals surface area contributed by atoms with E-state index in [0.717, 1.165) is 29.9 Å². The van der Waals surface area contributed by atoms with E-state index in [-0.39, 0.29) is 11.8 Å². The third-order valence-corrected chi connectivity index (χ3v) is 5.33. The molecule has 0 aliphatic carbocycles. The van der Waals surface area contributed by atoms with Crippen LogP contribution in [0.3, 0.4) is 0 Å². The number of carbonyl (C=O) groups is 1. The van der Waals surface area contributed by atoms with Crippen LogP contribution in [-0.4, -0.2) is 58.1 Å². The van der Waals surface area contributed by atoms with Crippen molar-refractivity contribution in [3.05, 3.63) is 60.8 Å². The van der Waals surface area contributed by atoms with Crippen LogP contribution >= 0.6 is 0 Å². The third kappa shape index (κ3) is 4.99. The van der Waals surface area contributed by atoms with Gasteiger partial charge in [-0.25, -0.2) is 4.79 Å². The van der Waals surface area contributed by atoms with E-state index in [1.54, 1.807) is 23.2 Å². The smallest absolute Gasteiger partial charge is 0.410 e. The molecule has 0 spiro atoms. The Hall–Kier alpha value is -3.61. The van der Waals surface area contributed by atoms with Crippen LogP contribution in [0, 0.1) is 0 Å². The number of aromatic hydroxyl groups is 1. The van der Waals surface area contributed by atoms with Crippen molar-refractivity contribution in [3.8, 4) is 28.1 Å². The first-order chi connectivity index (χ1) is 15.3. The largest absolute Gasteiger partial charge is 0.507 e. The third-order valence-electron chi connectivity index (χ3n) is 5.33. The van der Waals surface area contributed by atoms with E-state index in [9.17, 15) is 9.90 Å². The molecule has 1 aromatic heterocycles. The molecule has 0 radical (unpaired) electrons. The van der Waals surface area contributed by atoms with Crippen LogP contribution in [0.5, 0.6) is 5.75 Å². The number of carbonyl (C=O) groups excluding carboxylic acids is 1.